The molecule has 0 bridgehead atoms. The van der Waals surface area contributed by atoms with Gasteiger partial charge in [0.15, 0.2) is 0 Å². The van der Waals surface area contributed by atoms with Crippen LogP contribution in [0.15, 0.2) is 60.0 Å². The summed E-state index contributed by atoms with van der Waals surface area (Å²) in [5, 5.41) is 3.12. The summed E-state index contributed by atoms with van der Waals surface area (Å²) in [6, 6.07) is 0. The lowest BCUT2D eigenvalue weighted by molar-refractivity contribution is -0.135. The Balaban J connectivity index is 1.95. The average molecular weight is 359 g/mol. The number of rotatable bonds is 7. The van der Waals surface area contributed by atoms with Crippen molar-refractivity contribution in [2.45, 2.75) is 50.7 Å². The molecule has 5 heteroatoms. The lowest BCUT2D eigenvalue weighted by Crippen LogP contribution is -2.31. The molecule has 1 N–H and O–H groups in total. The van der Waals surface area contributed by atoms with E-state index in [2.05, 4.69) is 37.6 Å². The van der Waals surface area contributed by atoms with Crippen LogP contribution in [0.25, 0.3) is 0 Å². The van der Waals surface area contributed by atoms with E-state index < -0.39 is 0 Å². The molecule has 1 aliphatic carbocycles. The van der Waals surface area contributed by atoms with Crippen molar-refractivity contribution in [1.82, 2.24) is 10.2 Å². The lowest BCUT2D eigenvalue weighted by Gasteiger charge is -2.22. The molecule has 2 rings (SSSR count). The van der Waals surface area contributed by atoms with Gasteiger partial charge in [-0.05, 0) is 45.8 Å². The zero-order chi connectivity index (χ0) is 18.6. The summed E-state index contributed by atoms with van der Waals surface area (Å²) < 4.78 is 0. The molecular formula is C20H26N2O2S. The maximum atomic E-state index is 12.6. The molecule has 0 aromatic carbocycles. The first-order valence-corrected chi connectivity index (χ1v) is 9.40. The number of thioether (sulfide) groups is 1. The zero-order valence-electron chi connectivity index (χ0n) is 15.2. The topological polar surface area (TPSA) is 49.4 Å². The zero-order valence-corrected chi connectivity index (χ0v) is 16.0. The second-order valence-electron chi connectivity index (χ2n) is 6.56. The second kappa shape index (κ2) is 8.39. The van der Waals surface area contributed by atoms with Crippen LogP contribution in [0.5, 0.6) is 0 Å². The molecule has 0 radical (unpaired) electrons. The van der Waals surface area contributed by atoms with Crippen LogP contribution >= 0.6 is 11.8 Å². The predicted octanol–water partition coefficient (Wildman–Crippen LogP) is 4.05. The number of likely N-dealkylation sites (tertiary alicyclic amines) is 1. The van der Waals surface area contributed by atoms with Crippen molar-refractivity contribution >= 4 is 23.6 Å². The van der Waals surface area contributed by atoms with E-state index in [0.717, 1.165) is 18.4 Å². The van der Waals surface area contributed by atoms with Crippen LogP contribution in [0.2, 0.25) is 0 Å². The van der Waals surface area contributed by atoms with Crippen LogP contribution in [-0.4, -0.2) is 27.3 Å². The van der Waals surface area contributed by atoms with Gasteiger partial charge in [-0.25, -0.2) is 0 Å². The van der Waals surface area contributed by atoms with Gasteiger partial charge in [0.05, 0.1) is 10.6 Å². The Labute approximate surface area is 154 Å². The van der Waals surface area contributed by atoms with Gasteiger partial charge in [0, 0.05) is 17.8 Å². The molecule has 134 valence electrons. The minimum atomic E-state index is -0.369. The first-order chi connectivity index (χ1) is 11.8. The van der Waals surface area contributed by atoms with Gasteiger partial charge in [0.2, 0.25) is 11.8 Å². The van der Waals surface area contributed by atoms with Crippen LogP contribution in [0.4, 0.5) is 0 Å². The maximum absolute atomic E-state index is 12.6. The minimum absolute atomic E-state index is 0.0546. The van der Waals surface area contributed by atoms with Crippen molar-refractivity contribution in [3.05, 3.63) is 60.0 Å². The molecule has 2 aliphatic rings. The molecule has 1 saturated heterocycles. The SMILES string of the molecule is C=C(C)/C=C\C(=C)N1C(=O)CC(SC(C)NC2=CC=C(C)CC2)C1=O. The Morgan fingerprint density at radius 3 is 2.64 bits per heavy atom. The molecule has 2 amide bonds. The molecular weight excluding hydrogens is 332 g/mol. The lowest BCUT2D eigenvalue weighted by atomic mass is 10.0. The first-order valence-electron chi connectivity index (χ1n) is 8.45. The highest BCUT2D eigenvalue weighted by atomic mass is 32.2. The van der Waals surface area contributed by atoms with E-state index in [1.54, 1.807) is 12.2 Å². The number of allylic oxidation sites excluding steroid dienone is 7. The Hall–Kier alpha value is -2.01. The Kier molecular flexibility index (Phi) is 6.48. The van der Waals surface area contributed by atoms with E-state index in [-0.39, 0.29) is 28.9 Å². The molecule has 0 spiro atoms. The fraction of sp³-hybridized carbons (Fsp3) is 0.400. The number of hydrogen-bond donors (Lipinski definition) is 1. The van der Waals surface area contributed by atoms with E-state index >= 15 is 0 Å². The first kappa shape index (κ1) is 19.3. The molecule has 0 saturated carbocycles. The van der Waals surface area contributed by atoms with Gasteiger partial charge in [0.25, 0.3) is 0 Å². The van der Waals surface area contributed by atoms with E-state index in [4.69, 9.17) is 0 Å². The van der Waals surface area contributed by atoms with Gasteiger partial charge in [-0.15, -0.1) is 11.8 Å². The highest BCUT2D eigenvalue weighted by Crippen LogP contribution is 2.30. The monoisotopic (exact) mass is 358 g/mol. The van der Waals surface area contributed by atoms with Crippen molar-refractivity contribution in [2.75, 3.05) is 0 Å². The normalized spacial score (nSPS) is 22.0. The third-order valence-electron chi connectivity index (χ3n) is 4.07. The van der Waals surface area contributed by atoms with Crippen molar-refractivity contribution in [1.29, 1.82) is 0 Å². The van der Waals surface area contributed by atoms with Gasteiger partial charge >= 0.3 is 0 Å². The number of nitrogens with one attached hydrogen (secondary N) is 1. The Morgan fingerprint density at radius 1 is 1.32 bits per heavy atom. The summed E-state index contributed by atoms with van der Waals surface area (Å²) in [7, 11) is 0. The third-order valence-corrected chi connectivity index (χ3v) is 5.29. The fourth-order valence-electron chi connectivity index (χ4n) is 2.73. The van der Waals surface area contributed by atoms with Crippen LogP contribution in [0.1, 0.15) is 40.0 Å². The van der Waals surface area contributed by atoms with Gasteiger partial charge in [-0.1, -0.05) is 36.5 Å². The number of carbonyl (C=O) groups excluding carboxylic acids is 2. The predicted molar refractivity (Wildman–Crippen MR) is 105 cm³/mol. The van der Waals surface area contributed by atoms with Crippen LogP contribution in [-0.2, 0) is 9.59 Å². The molecule has 0 aromatic heterocycles. The number of amides is 2. The highest BCUT2D eigenvalue weighted by molar-refractivity contribution is 8.01. The quantitative estimate of drug-likeness (QED) is 0.424. The number of hydrogen-bond acceptors (Lipinski definition) is 4. The molecule has 2 unspecified atom stereocenters. The minimum Gasteiger partial charge on any atom is -0.377 e. The molecule has 25 heavy (non-hydrogen) atoms. The molecule has 4 nitrogen and oxygen atoms in total. The molecule has 1 heterocycles. The maximum Gasteiger partial charge on any atom is 0.247 e. The summed E-state index contributed by atoms with van der Waals surface area (Å²) in [5.74, 6) is -0.380. The van der Waals surface area contributed by atoms with E-state index in [9.17, 15) is 9.59 Å². The average Bonchev–Trinajstić information content (AvgIpc) is 2.81. The van der Waals surface area contributed by atoms with Crippen molar-refractivity contribution in [3.63, 3.8) is 0 Å². The molecule has 2 atom stereocenters. The van der Waals surface area contributed by atoms with Gasteiger partial charge in [-0.2, -0.15) is 0 Å². The summed E-state index contributed by atoms with van der Waals surface area (Å²) >= 11 is 1.49. The molecule has 1 aliphatic heterocycles. The molecule has 1 fully saturated rings. The smallest absolute Gasteiger partial charge is 0.247 e. The van der Waals surface area contributed by atoms with E-state index in [1.807, 2.05) is 13.8 Å². The number of nitrogens with zero attached hydrogens (tertiary/aromatic N) is 1. The highest BCUT2D eigenvalue weighted by Gasteiger charge is 2.40. The fourth-order valence-corrected chi connectivity index (χ4v) is 3.90. The van der Waals surface area contributed by atoms with Gasteiger partial charge in [-0.3, -0.25) is 14.5 Å². The Bertz CT molecular complexity index is 688. The number of carbonyl (C=O) groups is 2. The van der Waals surface area contributed by atoms with Crippen LogP contribution in [0.3, 0.4) is 0 Å². The van der Waals surface area contributed by atoms with E-state index in [1.165, 1.54) is 27.9 Å². The standard InChI is InChI=1S/C20H26N2O2S/c1-13(2)6-9-15(4)22-19(23)12-18(20(22)24)25-16(5)21-17-10-7-14(3)8-11-17/h6-7,9-10,16,18,21H,1,4,8,11-12H2,2-3,5H3/b9-6-. The summed E-state index contributed by atoms with van der Waals surface area (Å²) in [4.78, 5) is 26.0. The third kappa shape index (κ3) is 5.23. The van der Waals surface area contributed by atoms with Crippen LogP contribution in [0, 0.1) is 0 Å². The summed E-state index contributed by atoms with van der Waals surface area (Å²) in [6.45, 7) is 13.6. The number of imide groups is 1. The van der Waals surface area contributed by atoms with Crippen molar-refractivity contribution in [2.24, 2.45) is 0 Å². The largest absolute Gasteiger partial charge is 0.377 e. The van der Waals surface area contributed by atoms with E-state index in [0.29, 0.717) is 5.70 Å². The van der Waals surface area contributed by atoms with Gasteiger partial charge < -0.3 is 5.32 Å². The van der Waals surface area contributed by atoms with Crippen LogP contribution < -0.4 is 5.32 Å². The second-order valence-corrected chi connectivity index (χ2v) is 8.11. The Morgan fingerprint density at radius 2 is 2.04 bits per heavy atom. The molecule has 0 aromatic rings. The van der Waals surface area contributed by atoms with Crippen molar-refractivity contribution in [3.8, 4) is 0 Å². The van der Waals surface area contributed by atoms with Crippen molar-refractivity contribution < 1.29 is 9.59 Å². The summed E-state index contributed by atoms with van der Waals surface area (Å²) in [6.07, 6.45) is 9.88. The summed E-state index contributed by atoms with van der Waals surface area (Å²) in [5.41, 5.74) is 3.79. The van der Waals surface area contributed by atoms with Gasteiger partial charge in [0.1, 0.15) is 0 Å².